The Labute approximate surface area is 244 Å². The lowest BCUT2D eigenvalue weighted by molar-refractivity contribution is -0.134. The molecule has 0 atom stereocenters. The van der Waals surface area contributed by atoms with Crippen LogP contribution >= 0.6 is 56.3 Å². The van der Waals surface area contributed by atoms with E-state index in [9.17, 15) is 24.0 Å². The quantitative estimate of drug-likeness (QED) is 0.0609. The molecule has 2 aromatic heterocycles. The van der Waals surface area contributed by atoms with Crippen molar-refractivity contribution in [2.45, 2.75) is 20.8 Å². The second-order valence-electron chi connectivity index (χ2n) is 4.79. The van der Waals surface area contributed by atoms with Crippen LogP contribution in [0.15, 0.2) is 0 Å². The van der Waals surface area contributed by atoms with Gasteiger partial charge in [-0.05, 0) is 59.2 Å². The maximum absolute atomic E-state index is 10.7. The maximum atomic E-state index is 10.7. The summed E-state index contributed by atoms with van der Waals surface area (Å²) in [7, 11) is 7.73. The molecule has 15 nitrogen and oxygen atoms in total. The van der Waals surface area contributed by atoms with E-state index in [1.54, 1.807) is 13.8 Å². The van der Waals surface area contributed by atoms with Crippen molar-refractivity contribution in [3.63, 3.8) is 0 Å². The van der Waals surface area contributed by atoms with Gasteiger partial charge in [-0.2, -0.15) is 14.0 Å². The van der Waals surface area contributed by atoms with Crippen molar-refractivity contribution in [1.82, 2.24) is 24.1 Å². The van der Waals surface area contributed by atoms with Gasteiger partial charge in [-0.15, -0.1) is 0 Å². The van der Waals surface area contributed by atoms with Crippen LogP contribution in [0.5, 0.6) is 0 Å². The number of amides is 2. The molecule has 0 unspecified atom stereocenters. The van der Waals surface area contributed by atoms with Crippen LogP contribution in [0.3, 0.4) is 0 Å². The van der Waals surface area contributed by atoms with Gasteiger partial charge in [0.15, 0.2) is 6.07 Å². The first-order valence-corrected chi connectivity index (χ1v) is 11.8. The van der Waals surface area contributed by atoms with E-state index in [0.717, 1.165) is 30.2 Å². The molecule has 202 valence electrons. The first-order chi connectivity index (χ1) is 16.3. The molecular formula is C15H20Cl2IN8O7S3-. The van der Waals surface area contributed by atoms with Gasteiger partial charge < -0.3 is 39.2 Å². The number of ether oxygens (including phenoxy) is 2. The van der Waals surface area contributed by atoms with Crippen LogP contribution in [-0.4, -0.2) is 61.3 Å². The number of rotatable bonds is 2. The highest BCUT2D eigenvalue weighted by Crippen LogP contribution is 2.10. The number of aromatic nitrogens is 4. The fraction of sp³-hybridized carbons (Fsp3) is 0.333. The number of nitrogens with two attached hydrogens (primary N) is 2. The van der Waals surface area contributed by atoms with Crippen LogP contribution in [0.2, 0.25) is 0 Å². The number of hydrogen-bond acceptors (Lipinski definition) is 16. The normalized spacial score (nSPS) is 7.97. The lowest BCUT2D eigenvalue weighted by Gasteiger charge is -1.88. The van der Waals surface area contributed by atoms with Crippen molar-refractivity contribution in [2.24, 2.45) is 11.6 Å². The Morgan fingerprint density at radius 3 is 1.61 bits per heavy atom. The number of carbonyl (C=O) groups excluding carboxylic acids is 5. The molecule has 2 amide bonds. The number of aryl methyl sites for hydroxylation is 2. The SMILES string of the molecule is CC(N)=O.COC(=O)C#N.COC(=O)c1nc(C)ns1.Cc1nsc(C(=O)NN)n1.O=C(Cl)SCl.[I-]. The zero-order valence-corrected chi connectivity index (χ0v) is 25.2. The number of esters is 2. The van der Waals surface area contributed by atoms with E-state index in [1.807, 2.05) is 5.43 Å². The van der Waals surface area contributed by atoms with E-state index in [4.69, 9.17) is 21.8 Å². The molecule has 0 fully saturated rings. The third-order valence-electron chi connectivity index (χ3n) is 2.08. The summed E-state index contributed by atoms with van der Waals surface area (Å²) in [5.74, 6) is 4.03. The summed E-state index contributed by atoms with van der Waals surface area (Å²) in [6.45, 7) is 4.74. The van der Waals surface area contributed by atoms with Crippen molar-refractivity contribution in [3.05, 3.63) is 21.7 Å². The highest BCUT2D eigenvalue weighted by atomic mass is 127. The molecule has 2 aromatic rings. The highest BCUT2D eigenvalue weighted by molar-refractivity contribution is 8.34. The van der Waals surface area contributed by atoms with Crippen LogP contribution in [0.25, 0.3) is 0 Å². The topological polar surface area (TPSA) is 243 Å². The average Bonchev–Trinajstić information content (AvgIpc) is 3.46. The first kappa shape index (κ1) is 40.9. The molecule has 0 aliphatic heterocycles. The summed E-state index contributed by atoms with van der Waals surface area (Å²) in [6.07, 6.45) is 0. The zero-order valence-electron chi connectivity index (χ0n) is 19.1. The smallest absolute Gasteiger partial charge is 0.410 e. The number of primary amides is 1. The Bertz CT molecular complexity index is 948. The molecular weight excluding hydrogens is 698 g/mol. The molecule has 0 radical (unpaired) electrons. The van der Waals surface area contributed by atoms with Crippen LogP contribution in [0.4, 0.5) is 4.79 Å². The molecule has 0 aromatic carbocycles. The molecule has 0 aliphatic rings. The van der Waals surface area contributed by atoms with Crippen molar-refractivity contribution < 1.29 is 57.4 Å². The predicted molar refractivity (Wildman–Crippen MR) is 129 cm³/mol. The second-order valence-corrected chi connectivity index (χ2v) is 7.85. The number of nitrogens with zero attached hydrogens (tertiary/aromatic N) is 5. The molecule has 0 saturated heterocycles. The standard InChI is InChI=1S/C5H6N2O2S.C4H6N4OS.C3H3NO2.C2H5NO.CCl2OS.HI/c1-3-6-4(10-7-3)5(8)9-2;1-2-6-4(10-8-2)3(9)7-5;1-6-3(5)2-4;1-2(3)4;2-1(4)5-3;/h1-2H3;5H2,1H3,(H,7,9);1H3;1H3,(H2,3,4);;1H/p-1. The summed E-state index contributed by atoms with van der Waals surface area (Å²) in [6, 6.07) is 1.25. The van der Waals surface area contributed by atoms with Crippen LogP contribution in [-0.2, 0) is 19.1 Å². The number of hydrogen-bond donors (Lipinski definition) is 3. The van der Waals surface area contributed by atoms with Gasteiger partial charge in [0.2, 0.25) is 15.9 Å². The molecule has 0 saturated carbocycles. The van der Waals surface area contributed by atoms with Crippen LogP contribution in [0, 0.1) is 25.2 Å². The summed E-state index contributed by atoms with van der Waals surface area (Å²) in [5, 5.41) is 8.21. The van der Waals surface area contributed by atoms with E-state index in [2.05, 4.69) is 45.5 Å². The third-order valence-corrected chi connectivity index (χ3v) is 4.68. The van der Waals surface area contributed by atoms with E-state index in [0.29, 0.717) is 32.6 Å². The number of nitrogen functional groups attached to an aromatic ring is 1. The van der Waals surface area contributed by atoms with Crippen molar-refractivity contribution in [1.29, 1.82) is 5.26 Å². The minimum Gasteiger partial charge on any atom is -1.00 e. The molecule has 2 rings (SSSR count). The molecule has 0 aliphatic carbocycles. The van der Waals surface area contributed by atoms with Crippen molar-refractivity contribution >= 4 is 84.7 Å². The lowest BCUT2D eigenvalue weighted by Crippen LogP contribution is -3.00. The zero-order chi connectivity index (χ0) is 28.0. The molecule has 21 heteroatoms. The van der Waals surface area contributed by atoms with E-state index >= 15 is 0 Å². The molecule has 0 bridgehead atoms. The monoisotopic (exact) mass is 717 g/mol. The van der Waals surface area contributed by atoms with Gasteiger partial charge in [0.25, 0.3) is 10.5 Å². The molecule has 2 heterocycles. The Morgan fingerprint density at radius 2 is 1.42 bits per heavy atom. The summed E-state index contributed by atoms with van der Waals surface area (Å²) in [5.41, 5.74) is 6.44. The van der Waals surface area contributed by atoms with Crippen LogP contribution < -0.4 is 41.0 Å². The number of nitriles is 1. The number of nitrogens with one attached hydrogen (secondary N) is 1. The fourth-order valence-electron chi connectivity index (χ4n) is 0.964. The Kier molecular flexibility index (Phi) is 29.4. The number of methoxy groups -OCH3 is 2. The Morgan fingerprint density at radius 1 is 1.03 bits per heavy atom. The van der Waals surface area contributed by atoms with Crippen LogP contribution in [0.1, 0.15) is 38.2 Å². The summed E-state index contributed by atoms with van der Waals surface area (Å²) < 4.78 is 15.3. The van der Waals surface area contributed by atoms with Gasteiger partial charge in [-0.3, -0.25) is 19.8 Å². The van der Waals surface area contributed by atoms with Gasteiger partial charge in [0, 0.05) is 17.9 Å². The van der Waals surface area contributed by atoms with E-state index in [-0.39, 0.29) is 29.9 Å². The van der Waals surface area contributed by atoms with Gasteiger partial charge >= 0.3 is 11.9 Å². The van der Waals surface area contributed by atoms with Gasteiger partial charge in [0.05, 0.1) is 14.2 Å². The molecule has 36 heavy (non-hydrogen) atoms. The summed E-state index contributed by atoms with van der Waals surface area (Å²) in [4.78, 5) is 57.3. The van der Waals surface area contributed by atoms with Gasteiger partial charge in [0.1, 0.15) is 11.6 Å². The lowest BCUT2D eigenvalue weighted by atomic mass is 10.6. The summed E-state index contributed by atoms with van der Waals surface area (Å²) >= 11 is 6.73. The average molecular weight is 718 g/mol. The second kappa shape index (κ2) is 25.9. The maximum Gasteiger partial charge on any atom is 0.410 e. The van der Waals surface area contributed by atoms with E-state index in [1.165, 1.54) is 20.1 Å². The Hall–Kier alpha value is -2.22. The van der Waals surface area contributed by atoms with Crippen molar-refractivity contribution in [2.75, 3.05) is 14.2 Å². The first-order valence-electron chi connectivity index (χ1n) is 8.21. The largest absolute Gasteiger partial charge is 1.00 e. The highest BCUT2D eigenvalue weighted by Gasteiger charge is 2.09. The number of carbonyl (C=O) groups is 5. The van der Waals surface area contributed by atoms with E-state index < -0.39 is 22.4 Å². The number of hydrazine groups is 1. The van der Waals surface area contributed by atoms with Crippen molar-refractivity contribution in [3.8, 4) is 6.07 Å². The number of halogens is 3. The molecule has 5 N–H and O–H groups in total. The van der Waals surface area contributed by atoms with Gasteiger partial charge in [-0.1, -0.05) is 0 Å². The third kappa shape index (κ3) is 26.4. The minimum absolute atomic E-state index is 0. The predicted octanol–water partition coefficient (Wildman–Crippen LogP) is -1.51. The Balaban J connectivity index is -0.000000185. The fourth-order valence-corrected chi connectivity index (χ4v) is 2.13. The molecule has 0 spiro atoms. The minimum atomic E-state index is -0.852. The van der Waals surface area contributed by atoms with Gasteiger partial charge in [-0.25, -0.2) is 25.4 Å².